The Morgan fingerprint density at radius 2 is 2.00 bits per heavy atom. The number of nitrogens with zero attached hydrogens (tertiary/aromatic N) is 5. The van der Waals surface area contributed by atoms with Crippen molar-refractivity contribution in [2.24, 2.45) is 0 Å². The molecule has 0 spiro atoms. The van der Waals surface area contributed by atoms with E-state index in [0.29, 0.717) is 11.7 Å². The zero-order chi connectivity index (χ0) is 16.3. The molecule has 2 aromatic heterocycles. The summed E-state index contributed by atoms with van der Waals surface area (Å²) >= 11 is 0. The van der Waals surface area contributed by atoms with Crippen LogP contribution in [0.3, 0.4) is 0 Å². The third-order valence-electron chi connectivity index (χ3n) is 2.74. The number of methoxy groups -OCH3 is 1. The molecule has 118 valence electrons. The monoisotopic (exact) mass is 307 g/mol. The highest BCUT2D eigenvalue weighted by molar-refractivity contribution is 5.96. The minimum absolute atomic E-state index is 0.115. The lowest BCUT2D eigenvalue weighted by Gasteiger charge is -2.11. The first-order valence-electron chi connectivity index (χ1n) is 6.59. The molecule has 22 heavy (non-hydrogen) atoms. The number of hydrogen-bond acceptors (Lipinski definition) is 9. The van der Waals surface area contributed by atoms with Crippen molar-refractivity contribution >= 4 is 11.9 Å². The zero-order valence-electron chi connectivity index (χ0n) is 13.1. The number of hydrogen-bond donors (Lipinski definition) is 0. The van der Waals surface area contributed by atoms with Crippen molar-refractivity contribution in [1.29, 1.82) is 0 Å². The topological polar surface area (TPSA) is 103 Å². The summed E-state index contributed by atoms with van der Waals surface area (Å²) in [5.41, 5.74) is 0.388. The molecule has 9 heteroatoms. The van der Waals surface area contributed by atoms with Crippen LogP contribution < -0.4 is 9.64 Å². The van der Waals surface area contributed by atoms with Gasteiger partial charge in [0.2, 0.25) is 5.95 Å². The molecule has 9 nitrogen and oxygen atoms in total. The van der Waals surface area contributed by atoms with Gasteiger partial charge in [0.1, 0.15) is 11.3 Å². The summed E-state index contributed by atoms with van der Waals surface area (Å²) in [6, 6.07) is 0.115. The number of ether oxygens (including phenoxy) is 2. The van der Waals surface area contributed by atoms with Crippen molar-refractivity contribution in [2.45, 2.75) is 13.8 Å². The molecular formula is C13H17N5O4. The van der Waals surface area contributed by atoms with Crippen molar-refractivity contribution in [3.63, 3.8) is 0 Å². The molecule has 0 bridgehead atoms. The Labute approximate surface area is 127 Å². The summed E-state index contributed by atoms with van der Waals surface area (Å²) in [5, 5.41) is 3.86. The number of carbonyl (C=O) groups excluding carboxylic acids is 1. The smallest absolute Gasteiger partial charge is 0.344 e. The maximum atomic E-state index is 12.1. The third kappa shape index (κ3) is 2.97. The first-order valence-corrected chi connectivity index (χ1v) is 6.59. The number of aromatic nitrogens is 4. The van der Waals surface area contributed by atoms with Crippen molar-refractivity contribution < 1.29 is 18.8 Å². The minimum atomic E-state index is -0.540. The first-order chi connectivity index (χ1) is 10.5. The highest BCUT2D eigenvalue weighted by Gasteiger charge is 2.26. The molecular weight excluding hydrogens is 290 g/mol. The van der Waals surface area contributed by atoms with Gasteiger partial charge in [-0.15, -0.1) is 0 Å². The normalized spacial score (nSPS) is 10.4. The van der Waals surface area contributed by atoms with Gasteiger partial charge in [0.25, 0.3) is 0 Å². The Kier molecular flexibility index (Phi) is 4.54. The van der Waals surface area contributed by atoms with Crippen LogP contribution in [0.15, 0.2) is 4.52 Å². The molecule has 0 radical (unpaired) electrons. The van der Waals surface area contributed by atoms with Crippen LogP contribution in [0.2, 0.25) is 0 Å². The van der Waals surface area contributed by atoms with Crippen molar-refractivity contribution in [1.82, 2.24) is 20.1 Å². The minimum Gasteiger partial charge on any atom is -0.467 e. The number of aryl methyl sites for hydroxylation is 1. The summed E-state index contributed by atoms with van der Waals surface area (Å²) in [7, 11) is 5.00. The number of anilines is 1. The first kappa shape index (κ1) is 15.7. The van der Waals surface area contributed by atoms with E-state index in [0.717, 1.165) is 0 Å². The van der Waals surface area contributed by atoms with Gasteiger partial charge < -0.3 is 18.9 Å². The van der Waals surface area contributed by atoms with Gasteiger partial charge in [0, 0.05) is 14.1 Å². The van der Waals surface area contributed by atoms with E-state index in [1.165, 1.54) is 7.11 Å². The Hall–Kier alpha value is -2.71. The molecule has 0 aliphatic rings. The van der Waals surface area contributed by atoms with E-state index in [2.05, 4.69) is 20.1 Å². The van der Waals surface area contributed by atoms with Crippen molar-refractivity contribution in [3.8, 4) is 17.5 Å². The Morgan fingerprint density at radius 1 is 1.27 bits per heavy atom. The van der Waals surface area contributed by atoms with Gasteiger partial charge in [-0.2, -0.15) is 15.0 Å². The number of rotatable bonds is 5. The quantitative estimate of drug-likeness (QED) is 0.750. The average Bonchev–Trinajstić information content (AvgIpc) is 2.88. The van der Waals surface area contributed by atoms with Crippen molar-refractivity contribution in [2.75, 3.05) is 32.7 Å². The maximum absolute atomic E-state index is 12.1. The summed E-state index contributed by atoms with van der Waals surface area (Å²) in [4.78, 5) is 26.2. The van der Waals surface area contributed by atoms with Crippen LogP contribution >= 0.6 is 0 Å². The summed E-state index contributed by atoms with van der Waals surface area (Å²) in [6.07, 6.45) is 0. The van der Waals surface area contributed by atoms with E-state index in [4.69, 9.17) is 14.0 Å². The SMILES string of the molecule is CCOC(=O)c1c(-c2nc(OC)nc(N(C)C)n2)noc1C. The molecule has 0 fully saturated rings. The Morgan fingerprint density at radius 3 is 2.59 bits per heavy atom. The molecule has 2 rings (SSSR count). The van der Waals surface area contributed by atoms with Gasteiger partial charge >= 0.3 is 12.0 Å². The highest BCUT2D eigenvalue weighted by Crippen LogP contribution is 2.25. The second-order valence-electron chi connectivity index (χ2n) is 4.52. The van der Waals surface area contributed by atoms with Crippen LogP contribution in [0.4, 0.5) is 5.95 Å². The standard InChI is InChI=1S/C13H17N5O4/c1-6-21-11(19)8-7(2)22-17-9(8)10-14-12(18(3)4)16-13(15-10)20-5/h6H2,1-5H3. The average molecular weight is 307 g/mol. The molecule has 0 aliphatic heterocycles. The molecule has 0 N–H and O–H groups in total. The molecule has 0 aromatic carbocycles. The van der Waals surface area contributed by atoms with Gasteiger partial charge in [-0.05, 0) is 13.8 Å². The number of esters is 1. The lowest BCUT2D eigenvalue weighted by Crippen LogP contribution is -2.15. The summed E-state index contributed by atoms with van der Waals surface area (Å²) in [6.45, 7) is 3.58. The van der Waals surface area contributed by atoms with Gasteiger partial charge in [-0.1, -0.05) is 5.16 Å². The van der Waals surface area contributed by atoms with E-state index in [1.807, 2.05) is 0 Å². The fourth-order valence-electron chi connectivity index (χ4n) is 1.71. The summed E-state index contributed by atoms with van der Waals surface area (Å²) < 4.78 is 15.2. The van der Waals surface area contributed by atoms with Gasteiger partial charge in [-0.3, -0.25) is 0 Å². The lowest BCUT2D eigenvalue weighted by molar-refractivity contribution is 0.0525. The predicted molar refractivity (Wildman–Crippen MR) is 76.9 cm³/mol. The lowest BCUT2D eigenvalue weighted by atomic mass is 10.2. The second kappa shape index (κ2) is 6.37. The molecule has 0 aliphatic carbocycles. The summed E-state index contributed by atoms with van der Waals surface area (Å²) in [5.74, 6) is 0.342. The Bertz CT molecular complexity index is 683. The van der Waals surface area contributed by atoms with Gasteiger partial charge in [-0.25, -0.2) is 4.79 Å². The second-order valence-corrected chi connectivity index (χ2v) is 4.52. The maximum Gasteiger partial charge on any atom is 0.344 e. The molecule has 2 aromatic rings. The molecule has 0 unspecified atom stereocenters. The van der Waals surface area contributed by atoms with E-state index < -0.39 is 5.97 Å². The van der Waals surface area contributed by atoms with E-state index >= 15 is 0 Å². The van der Waals surface area contributed by atoms with Crippen LogP contribution in [0.1, 0.15) is 23.0 Å². The zero-order valence-corrected chi connectivity index (χ0v) is 13.1. The number of carbonyl (C=O) groups is 1. The fourth-order valence-corrected chi connectivity index (χ4v) is 1.71. The van der Waals surface area contributed by atoms with Gasteiger partial charge in [0.15, 0.2) is 11.5 Å². The van der Waals surface area contributed by atoms with Crippen LogP contribution in [0.5, 0.6) is 6.01 Å². The van der Waals surface area contributed by atoms with Crippen LogP contribution in [-0.2, 0) is 4.74 Å². The predicted octanol–water partition coefficient (Wildman–Crippen LogP) is 1.09. The van der Waals surface area contributed by atoms with Crippen LogP contribution in [-0.4, -0.2) is 53.9 Å². The van der Waals surface area contributed by atoms with E-state index in [-0.39, 0.29) is 29.7 Å². The van der Waals surface area contributed by atoms with Crippen molar-refractivity contribution in [3.05, 3.63) is 11.3 Å². The Balaban J connectivity index is 2.57. The van der Waals surface area contributed by atoms with Crippen LogP contribution in [0, 0.1) is 6.92 Å². The largest absolute Gasteiger partial charge is 0.467 e. The van der Waals surface area contributed by atoms with E-state index in [1.54, 1.807) is 32.8 Å². The highest BCUT2D eigenvalue weighted by atomic mass is 16.5. The van der Waals surface area contributed by atoms with Crippen LogP contribution in [0.25, 0.3) is 11.5 Å². The van der Waals surface area contributed by atoms with Gasteiger partial charge in [0.05, 0.1) is 13.7 Å². The fraction of sp³-hybridized carbons (Fsp3) is 0.462. The molecule has 0 amide bonds. The van der Waals surface area contributed by atoms with E-state index in [9.17, 15) is 4.79 Å². The third-order valence-corrected chi connectivity index (χ3v) is 2.74. The molecule has 0 saturated heterocycles. The molecule has 0 atom stereocenters. The molecule has 2 heterocycles. The molecule has 0 saturated carbocycles.